The summed E-state index contributed by atoms with van der Waals surface area (Å²) in [6, 6.07) is 32.3. The van der Waals surface area contributed by atoms with Crippen LogP contribution in [0.2, 0.25) is 0 Å². The van der Waals surface area contributed by atoms with Gasteiger partial charge in [0.25, 0.3) is 0 Å². The van der Waals surface area contributed by atoms with Crippen molar-refractivity contribution in [3.8, 4) is 0 Å². The molecule has 0 radical (unpaired) electrons. The average molecular weight is 734 g/mol. The summed E-state index contributed by atoms with van der Waals surface area (Å²) in [7, 11) is 0. The molecule has 0 spiro atoms. The number of nitrogens with zero attached hydrogens (tertiary/aromatic N) is 1. The number of ether oxygens (including phenoxy) is 3. The third-order valence-electron chi connectivity index (χ3n) is 7.83. The van der Waals surface area contributed by atoms with Gasteiger partial charge in [-0.3, -0.25) is 20.4 Å². The Morgan fingerprint density at radius 1 is 0.685 bits per heavy atom. The van der Waals surface area contributed by atoms with Gasteiger partial charge in [-0.1, -0.05) is 91.0 Å². The molecular formula is C40H39N5O9. The van der Waals surface area contributed by atoms with E-state index in [-0.39, 0.29) is 50.7 Å². The molecule has 4 N–H and O–H groups in total. The zero-order chi connectivity index (χ0) is 38.1. The minimum Gasteiger partial charge on any atom is -0.445 e. The number of benzene rings is 4. The van der Waals surface area contributed by atoms with Gasteiger partial charge in [-0.15, -0.1) is 0 Å². The molecule has 1 aromatic heterocycles. The summed E-state index contributed by atoms with van der Waals surface area (Å²) in [6.45, 7) is 1.71. The maximum atomic E-state index is 13.5. The number of nitrogens with one attached hydrogen (secondary N) is 4. The number of aliphatic imine (C=N–C) groups is 1. The monoisotopic (exact) mass is 733 g/mol. The quantitative estimate of drug-likeness (QED) is 0.0353. The van der Waals surface area contributed by atoms with Gasteiger partial charge in [-0.05, 0) is 54.2 Å². The molecule has 5 aromatic rings. The Bertz CT molecular complexity index is 2060. The number of hydrogen-bond donors (Lipinski definition) is 4. The van der Waals surface area contributed by atoms with Gasteiger partial charge in [0, 0.05) is 29.8 Å². The highest BCUT2D eigenvalue weighted by molar-refractivity contribution is 6.01. The summed E-state index contributed by atoms with van der Waals surface area (Å²) in [5, 5.41) is 10.9. The third-order valence-corrected chi connectivity index (χ3v) is 7.83. The van der Waals surface area contributed by atoms with Crippen LogP contribution in [0.1, 0.15) is 35.1 Å². The van der Waals surface area contributed by atoms with Crippen molar-refractivity contribution in [3.05, 3.63) is 148 Å². The summed E-state index contributed by atoms with van der Waals surface area (Å²) in [5.41, 5.74) is 3.08. The summed E-state index contributed by atoms with van der Waals surface area (Å²) >= 11 is 0. The molecule has 0 saturated carbocycles. The van der Waals surface area contributed by atoms with Crippen molar-refractivity contribution >= 4 is 46.8 Å². The van der Waals surface area contributed by atoms with E-state index < -0.39 is 35.9 Å². The summed E-state index contributed by atoms with van der Waals surface area (Å²) in [4.78, 5) is 67.9. The van der Waals surface area contributed by atoms with Crippen molar-refractivity contribution in [2.24, 2.45) is 4.99 Å². The topological polar surface area (TPSA) is 187 Å². The highest BCUT2D eigenvalue weighted by atomic mass is 16.6. The van der Waals surface area contributed by atoms with E-state index in [4.69, 9.17) is 18.6 Å². The molecule has 0 aliphatic carbocycles. The number of amides is 4. The van der Waals surface area contributed by atoms with Gasteiger partial charge < -0.3 is 29.3 Å². The number of fused-ring (bicyclic) bond motifs is 1. The van der Waals surface area contributed by atoms with E-state index in [0.29, 0.717) is 11.1 Å². The molecule has 0 aliphatic rings. The Kier molecular flexibility index (Phi) is 13.9. The van der Waals surface area contributed by atoms with Crippen molar-refractivity contribution in [1.29, 1.82) is 0 Å². The van der Waals surface area contributed by atoms with Crippen LogP contribution in [0, 0.1) is 6.92 Å². The fourth-order valence-corrected chi connectivity index (χ4v) is 5.12. The van der Waals surface area contributed by atoms with E-state index in [1.54, 1.807) is 79.7 Å². The lowest BCUT2D eigenvalue weighted by molar-refractivity contribution is -0.118. The molecule has 14 nitrogen and oxygen atoms in total. The molecule has 0 fully saturated rings. The number of carbonyl (C=O) groups excluding carboxylic acids is 4. The predicted molar refractivity (Wildman–Crippen MR) is 200 cm³/mol. The van der Waals surface area contributed by atoms with Gasteiger partial charge in [0.05, 0.1) is 0 Å². The fourth-order valence-electron chi connectivity index (χ4n) is 5.12. The normalized spacial score (nSPS) is 11.1. The largest absolute Gasteiger partial charge is 0.445 e. The van der Waals surface area contributed by atoms with E-state index in [1.807, 2.05) is 30.3 Å². The minimum atomic E-state index is -1.10. The van der Waals surface area contributed by atoms with E-state index >= 15 is 0 Å². The molecule has 1 unspecified atom stereocenters. The lowest BCUT2D eigenvalue weighted by atomic mass is 10.1. The molecule has 1 heterocycles. The lowest BCUT2D eigenvalue weighted by Crippen LogP contribution is -2.45. The van der Waals surface area contributed by atoms with E-state index in [2.05, 4.69) is 26.3 Å². The first-order valence-corrected chi connectivity index (χ1v) is 17.0. The molecule has 0 saturated heterocycles. The van der Waals surface area contributed by atoms with Gasteiger partial charge in [0.2, 0.25) is 11.9 Å². The molecule has 4 aromatic carbocycles. The Hall–Kier alpha value is -6.96. The van der Waals surface area contributed by atoms with E-state index in [9.17, 15) is 24.0 Å². The predicted octanol–water partition coefficient (Wildman–Crippen LogP) is 6.32. The van der Waals surface area contributed by atoms with Gasteiger partial charge in [-0.2, -0.15) is 0 Å². The van der Waals surface area contributed by atoms with Crippen LogP contribution in [-0.2, 0) is 38.8 Å². The number of aryl methyl sites for hydroxylation is 1. The number of guanidine groups is 1. The van der Waals surface area contributed by atoms with Crippen LogP contribution in [0.5, 0.6) is 0 Å². The summed E-state index contributed by atoms with van der Waals surface area (Å²) < 4.78 is 21.2. The maximum Gasteiger partial charge on any atom is 0.414 e. The van der Waals surface area contributed by atoms with Crippen LogP contribution in [0.3, 0.4) is 0 Å². The number of anilines is 1. The molecule has 0 bridgehead atoms. The minimum absolute atomic E-state index is 0.00179. The second-order valence-electron chi connectivity index (χ2n) is 12.0. The van der Waals surface area contributed by atoms with Crippen LogP contribution in [0.25, 0.3) is 11.0 Å². The lowest BCUT2D eigenvalue weighted by Gasteiger charge is -2.18. The van der Waals surface area contributed by atoms with Crippen molar-refractivity contribution < 1.29 is 37.8 Å². The average Bonchev–Trinajstić information content (AvgIpc) is 3.17. The summed E-state index contributed by atoms with van der Waals surface area (Å²) in [5.74, 6) is -0.814. The molecule has 5 rings (SSSR count). The first-order chi connectivity index (χ1) is 26.2. The molecule has 0 aliphatic heterocycles. The zero-order valence-electron chi connectivity index (χ0n) is 29.4. The third kappa shape index (κ3) is 12.4. The highest BCUT2D eigenvalue weighted by Crippen LogP contribution is 2.21. The van der Waals surface area contributed by atoms with Crippen molar-refractivity contribution in [1.82, 2.24) is 16.0 Å². The van der Waals surface area contributed by atoms with Crippen LogP contribution >= 0.6 is 0 Å². The van der Waals surface area contributed by atoms with Crippen LogP contribution in [0.4, 0.5) is 20.1 Å². The maximum absolute atomic E-state index is 13.5. The second-order valence-corrected chi connectivity index (χ2v) is 12.0. The Morgan fingerprint density at radius 3 is 1.74 bits per heavy atom. The van der Waals surface area contributed by atoms with Crippen LogP contribution in [0.15, 0.2) is 129 Å². The number of alkyl carbamates (subject to hydrolysis) is 3. The van der Waals surface area contributed by atoms with Gasteiger partial charge in [0.1, 0.15) is 31.4 Å². The van der Waals surface area contributed by atoms with Crippen molar-refractivity contribution in [3.63, 3.8) is 0 Å². The smallest absolute Gasteiger partial charge is 0.414 e. The summed E-state index contributed by atoms with van der Waals surface area (Å²) in [6.07, 6.45) is -2.30. The van der Waals surface area contributed by atoms with Crippen molar-refractivity contribution in [2.75, 3.05) is 11.9 Å². The SMILES string of the molecule is Cc1cc(=O)oc2cc(NC(=O)C(CCCN=C(NC(=O)OCc3ccccc3)NC(=O)OCc3ccccc3)NC(=O)OCc3ccccc3)ccc12. The highest BCUT2D eigenvalue weighted by Gasteiger charge is 2.22. The van der Waals surface area contributed by atoms with E-state index in [1.165, 1.54) is 12.1 Å². The Labute approximate surface area is 310 Å². The Morgan fingerprint density at radius 2 is 1.20 bits per heavy atom. The molecule has 278 valence electrons. The van der Waals surface area contributed by atoms with Crippen molar-refractivity contribution in [2.45, 2.75) is 45.6 Å². The number of carbonyl (C=O) groups is 4. The molecule has 54 heavy (non-hydrogen) atoms. The van der Waals surface area contributed by atoms with Gasteiger partial charge >= 0.3 is 23.9 Å². The standard InChI is InChI=1S/C40H39N5O9/c1-27-22-35(46)54-34-23-31(19-20-32(27)34)42-36(47)33(43-38(48)51-24-28-12-5-2-6-13-28)18-11-21-41-37(44-39(49)52-25-29-14-7-3-8-15-29)45-40(50)53-26-30-16-9-4-10-17-30/h2-10,12-17,19-20,22-23,33H,11,18,21,24-26H2,1H3,(H,42,47)(H,43,48)(H2,41,44,45,49,50). The first-order valence-electron chi connectivity index (χ1n) is 17.0. The van der Waals surface area contributed by atoms with Crippen LogP contribution < -0.4 is 26.9 Å². The molecule has 4 amide bonds. The molecule has 1 atom stereocenters. The number of rotatable bonds is 13. The van der Waals surface area contributed by atoms with E-state index in [0.717, 1.165) is 22.3 Å². The second kappa shape index (κ2) is 19.6. The Balaban J connectivity index is 1.25. The van der Waals surface area contributed by atoms with Crippen LogP contribution in [-0.4, -0.2) is 42.7 Å². The van der Waals surface area contributed by atoms with Gasteiger partial charge in [0.15, 0.2) is 0 Å². The fraction of sp³-hybridized carbons (Fsp3) is 0.200. The molecular weight excluding hydrogens is 694 g/mol. The molecule has 14 heteroatoms. The van der Waals surface area contributed by atoms with Gasteiger partial charge in [-0.25, -0.2) is 19.2 Å². The first kappa shape index (κ1) is 38.3. The zero-order valence-corrected chi connectivity index (χ0v) is 29.4. The number of hydrogen-bond acceptors (Lipinski definition) is 10.